The Morgan fingerprint density at radius 1 is 0.216 bits per heavy atom. The third-order valence-corrected chi connectivity index (χ3v) is 19.1. The summed E-state index contributed by atoms with van der Waals surface area (Å²) in [5.41, 5.74) is 19.4. The Balaban J connectivity index is 0.780. The van der Waals surface area contributed by atoms with Crippen LogP contribution in [0.15, 0.2) is 291 Å². The molecule has 0 spiro atoms. The van der Waals surface area contributed by atoms with Crippen LogP contribution in [-0.2, 0) is 0 Å². The van der Waals surface area contributed by atoms with Gasteiger partial charge >= 0.3 is 0 Å². The van der Waals surface area contributed by atoms with Gasteiger partial charge in [-0.15, -0.1) is 22.7 Å². The number of hydrogen-bond donors (Lipinski definition) is 0. The maximum Gasteiger partial charge on any atom is 0.162 e. The van der Waals surface area contributed by atoms with Crippen molar-refractivity contribution < 1.29 is 0 Å². The summed E-state index contributed by atoms with van der Waals surface area (Å²) < 4.78 is 4.79. The van der Waals surface area contributed by atoms with Crippen LogP contribution < -0.4 is 0 Å². The van der Waals surface area contributed by atoms with Crippen LogP contribution in [0.2, 0.25) is 0 Å². The summed E-state index contributed by atoms with van der Waals surface area (Å²) in [5.74, 6) is 1.25. The number of hydrogen-bond acceptors (Lipinski definition) is 8. The van der Waals surface area contributed by atoms with Gasteiger partial charge in [0, 0.05) is 95.6 Å². The topological polar surface area (TPSA) is 77.3 Å². The minimum atomic E-state index is 0.623. The molecular formula is C80H48N6S2. The average molecular weight is 1160 g/mol. The van der Waals surface area contributed by atoms with Gasteiger partial charge < -0.3 is 0 Å². The fraction of sp³-hybridized carbons (Fsp3) is 0. The van der Waals surface area contributed by atoms with Crippen molar-refractivity contribution in [1.29, 1.82) is 0 Å². The van der Waals surface area contributed by atoms with E-state index in [9.17, 15) is 0 Å². The maximum absolute atomic E-state index is 5.70. The minimum absolute atomic E-state index is 0.623. The van der Waals surface area contributed by atoms with E-state index >= 15 is 0 Å². The third kappa shape index (κ3) is 9.01. The van der Waals surface area contributed by atoms with Crippen LogP contribution in [0.5, 0.6) is 0 Å². The molecule has 88 heavy (non-hydrogen) atoms. The van der Waals surface area contributed by atoms with E-state index in [1.807, 2.05) is 40.9 Å². The van der Waals surface area contributed by atoms with Gasteiger partial charge in [0.25, 0.3) is 0 Å². The lowest BCUT2D eigenvalue weighted by Crippen LogP contribution is -1.98. The zero-order valence-corrected chi connectivity index (χ0v) is 48.8. The maximum atomic E-state index is 5.70. The highest BCUT2D eigenvalue weighted by molar-refractivity contribution is 7.27. The molecule has 6 heterocycles. The number of nitrogens with zero attached hydrogens (tertiary/aromatic N) is 6. The Morgan fingerprint density at radius 2 is 0.545 bits per heavy atom. The van der Waals surface area contributed by atoms with Gasteiger partial charge in [0.15, 0.2) is 11.6 Å². The van der Waals surface area contributed by atoms with E-state index in [0.717, 1.165) is 128 Å². The summed E-state index contributed by atoms with van der Waals surface area (Å²) in [6, 6.07) is 102. The van der Waals surface area contributed by atoms with E-state index in [1.165, 1.54) is 35.1 Å². The molecule has 0 aliphatic heterocycles. The molecule has 17 rings (SSSR count). The molecule has 6 nitrogen and oxygen atoms in total. The predicted molar refractivity (Wildman–Crippen MR) is 368 cm³/mol. The van der Waals surface area contributed by atoms with Crippen molar-refractivity contribution in [2.45, 2.75) is 0 Å². The van der Waals surface area contributed by atoms with Crippen molar-refractivity contribution in [1.82, 2.24) is 29.9 Å². The van der Waals surface area contributed by atoms with E-state index < -0.39 is 0 Å². The minimum Gasteiger partial charge on any atom is -0.246 e. The second-order valence-electron chi connectivity index (χ2n) is 22.1. The van der Waals surface area contributed by atoms with Crippen molar-refractivity contribution in [3.63, 3.8) is 0 Å². The normalized spacial score (nSPS) is 11.6. The SMILES string of the molecule is c1ccc(-c2ccc(-c3cc(-c4ccccc4)nc(-c4cccc5c4nc(-c4ccccc4)c4c6cc(-c7ccc(-c8cc(-c9ccccc9)nc(-c9cccc%10c9nc(-c9ccccc9)c9c%11ccccc%11sc%109)n8)cc7)ccc6sc54)n3)cc2)cc1. The molecule has 0 radical (unpaired) electrons. The Morgan fingerprint density at radius 3 is 1.01 bits per heavy atom. The third-order valence-electron chi connectivity index (χ3n) is 16.7. The average Bonchev–Trinajstić information content (AvgIpc) is 1.77. The van der Waals surface area contributed by atoms with E-state index in [1.54, 1.807) is 0 Å². The number of para-hydroxylation sites is 2. The van der Waals surface area contributed by atoms with E-state index in [4.69, 9.17) is 29.9 Å². The first kappa shape index (κ1) is 51.3. The van der Waals surface area contributed by atoms with Gasteiger partial charge in [0.1, 0.15) is 0 Å². The second kappa shape index (κ2) is 21.4. The highest BCUT2D eigenvalue weighted by atomic mass is 32.1. The predicted octanol–water partition coefficient (Wildman–Crippen LogP) is 21.8. The summed E-state index contributed by atoms with van der Waals surface area (Å²) in [7, 11) is 0. The number of benzene rings is 11. The Kier molecular flexibility index (Phi) is 12.5. The van der Waals surface area contributed by atoms with Crippen LogP contribution >= 0.6 is 22.7 Å². The van der Waals surface area contributed by atoms with Crippen LogP contribution in [0.1, 0.15) is 0 Å². The Labute approximate surface area is 515 Å². The lowest BCUT2D eigenvalue weighted by Gasteiger charge is -2.13. The number of aromatic nitrogens is 6. The summed E-state index contributed by atoms with van der Waals surface area (Å²) >= 11 is 3.62. The molecule has 410 valence electrons. The standard InChI is InChI=1S/C80H48N6S2/c1-6-20-49(21-7-1)50-36-40-54(41-37-50)67-47-65(52-22-8-2-9-23-52)82-80(83-67)63-34-19-32-61-76(63)86-74(57-28-14-5-15-29-57)72-64-46-58(44-45-70(64)88-78(61)72)51-38-42-55(43-39-51)68-48-66(53-24-10-3-11-25-53)81-79(84-68)62-33-18-31-60-75(62)85-73(56-26-12-4-13-27-56)71-59-30-16-17-35-69(59)87-77(60)71/h1-48H. The van der Waals surface area contributed by atoms with Crippen LogP contribution in [0, 0.1) is 0 Å². The molecule has 0 fully saturated rings. The summed E-state index contributed by atoms with van der Waals surface area (Å²) in [5, 5.41) is 6.81. The highest BCUT2D eigenvalue weighted by Gasteiger charge is 2.23. The quantitative estimate of drug-likeness (QED) is 0.136. The van der Waals surface area contributed by atoms with Crippen LogP contribution in [0.4, 0.5) is 0 Å². The summed E-state index contributed by atoms with van der Waals surface area (Å²) in [6.07, 6.45) is 0. The molecule has 11 aromatic carbocycles. The molecule has 8 heteroatoms. The fourth-order valence-electron chi connectivity index (χ4n) is 12.4. The van der Waals surface area contributed by atoms with Crippen molar-refractivity contribution >= 4 is 84.8 Å². The zero-order chi connectivity index (χ0) is 58.1. The lowest BCUT2D eigenvalue weighted by molar-refractivity contribution is 1.18. The number of pyridine rings is 2. The lowest BCUT2D eigenvalue weighted by atomic mass is 9.97. The molecule has 0 bridgehead atoms. The molecule has 17 aromatic rings. The summed E-state index contributed by atoms with van der Waals surface area (Å²) in [4.78, 5) is 32.7. The molecular weight excluding hydrogens is 1110 g/mol. The molecule has 0 aliphatic rings. The van der Waals surface area contributed by atoms with E-state index in [0.29, 0.717) is 11.6 Å². The number of fused-ring (bicyclic) bond motifs is 10. The van der Waals surface area contributed by atoms with Crippen molar-refractivity contribution in [3.8, 4) is 113 Å². The fourth-order valence-corrected chi connectivity index (χ4v) is 14.9. The summed E-state index contributed by atoms with van der Waals surface area (Å²) in [6.45, 7) is 0. The van der Waals surface area contributed by atoms with Gasteiger partial charge in [0.2, 0.25) is 0 Å². The van der Waals surface area contributed by atoms with Gasteiger partial charge in [-0.3, -0.25) is 0 Å². The van der Waals surface area contributed by atoms with Crippen LogP contribution in [-0.4, -0.2) is 29.9 Å². The smallest absolute Gasteiger partial charge is 0.162 e. The molecule has 6 aromatic heterocycles. The first-order valence-electron chi connectivity index (χ1n) is 29.4. The first-order chi connectivity index (χ1) is 43.6. The Hall–Kier alpha value is -11.2. The van der Waals surface area contributed by atoms with Crippen molar-refractivity contribution in [2.75, 3.05) is 0 Å². The van der Waals surface area contributed by atoms with E-state index in [-0.39, 0.29) is 0 Å². The molecule has 0 atom stereocenters. The molecule has 0 amide bonds. The van der Waals surface area contributed by atoms with Crippen LogP contribution in [0.3, 0.4) is 0 Å². The largest absolute Gasteiger partial charge is 0.246 e. The molecule has 0 N–H and O–H groups in total. The van der Waals surface area contributed by atoms with Gasteiger partial charge in [-0.05, 0) is 64.7 Å². The number of rotatable bonds is 10. The zero-order valence-electron chi connectivity index (χ0n) is 47.2. The van der Waals surface area contributed by atoms with Gasteiger partial charge in [-0.2, -0.15) is 0 Å². The molecule has 0 saturated carbocycles. The first-order valence-corrected chi connectivity index (χ1v) is 31.0. The van der Waals surface area contributed by atoms with E-state index in [2.05, 4.69) is 273 Å². The van der Waals surface area contributed by atoms with Gasteiger partial charge in [0.05, 0.1) is 45.2 Å². The van der Waals surface area contributed by atoms with Gasteiger partial charge in [-0.1, -0.05) is 249 Å². The monoisotopic (exact) mass is 1160 g/mol. The van der Waals surface area contributed by atoms with Gasteiger partial charge in [-0.25, -0.2) is 29.9 Å². The second-order valence-corrected chi connectivity index (χ2v) is 24.2. The number of thiophene rings is 2. The van der Waals surface area contributed by atoms with Crippen molar-refractivity contribution in [2.24, 2.45) is 0 Å². The Bertz CT molecular complexity index is 5520. The van der Waals surface area contributed by atoms with Crippen molar-refractivity contribution in [3.05, 3.63) is 291 Å². The molecule has 0 saturated heterocycles. The molecule has 0 aliphatic carbocycles. The molecule has 0 unspecified atom stereocenters. The highest BCUT2D eigenvalue weighted by Crippen LogP contribution is 2.48. The van der Waals surface area contributed by atoms with Crippen LogP contribution in [0.25, 0.3) is 175 Å².